The Bertz CT molecular complexity index is 656. The Hall–Kier alpha value is -1.79. The molecule has 112 valence electrons. The van der Waals surface area contributed by atoms with Gasteiger partial charge < -0.3 is 14.2 Å². The number of nitrogens with zero attached hydrogens (tertiary/aromatic N) is 1. The molecule has 0 aliphatic carbocycles. The minimum Gasteiger partial charge on any atom is -0.493 e. The van der Waals surface area contributed by atoms with Crippen LogP contribution in [0.3, 0.4) is 0 Å². The molecule has 0 N–H and O–H groups in total. The van der Waals surface area contributed by atoms with Gasteiger partial charge in [0.1, 0.15) is 5.01 Å². The van der Waals surface area contributed by atoms with Crippen molar-refractivity contribution in [3.8, 4) is 22.1 Å². The number of carbonyl (C=O) groups is 1. The van der Waals surface area contributed by atoms with Crippen LogP contribution in [0.15, 0.2) is 17.5 Å². The summed E-state index contributed by atoms with van der Waals surface area (Å²) in [6.07, 6.45) is 0. The van der Waals surface area contributed by atoms with Crippen LogP contribution < -0.4 is 9.47 Å². The molecule has 0 radical (unpaired) electrons. The van der Waals surface area contributed by atoms with Gasteiger partial charge in [0.2, 0.25) is 0 Å². The summed E-state index contributed by atoms with van der Waals surface area (Å²) in [6, 6.07) is 3.48. The Morgan fingerprint density at radius 1 is 1.33 bits per heavy atom. The van der Waals surface area contributed by atoms with Crippen molar-refractivity contribution in [3.05, 3.63) is 28.2 Å². The van der Waals surface area contributed by atoms with E-state index in [-0.39, 0.29) is 5.69 Å². The number of rotatable bonds is 5. The van der Waals surface area contributed by atoms with E-state index in [0.29, 0.717) is 28.1 Å². The van der Waals surface area contributed by atoms with E-state index < -0.39 is 5.97 Å². The minimum atomic E-state index is -0.438. The first-order valence-corrected chi connectivity index (χ1v) is 7.41. The molecule has 0 saturated heterocycles. The standard InChI is InChI=1S/C14H14ClNO4S/c1-4-20-14(17)10-7-21-13(16-10)8-5-9(15)12(19-3)11(6-8)18-2/h5-7H,4H2,1-3H3. The van der Waals surface area contributed by atoms with Crippen LogP contribution in [0, 0.1) is 0 Å². The normalized spacial score (nSPS) is 10.3. The van der Waals surface area contributed by atoms with E-state index in [0.717, 1.165) is 5.56 Å². The Labute approximate surface area is 131 Å². The number of aromatic nitrogens is 1. The van der Waals surface area contributed by atoms with E-state index in [2.05, 4.69) is 4.98 Å². The molecule has 5 nitrogen and oxygen atoms in total. The molecule has 1 aromatic heterocycles. The quantitative estimate of drug-likeness (QED) is 0.784. The zero-order chi connectivity index (χ0) is 15.4. The van der Waals surface area contributed by atoms with Crippen LogP contribution >= 0.6 is 22.9 Å². The second-order valence-electron chi connectivity index (χ2n) is 3.95. The first-order valence-electron chi connectivity index (χ1n) is 6.15. The molecule has 0 spiro atoms. The molecule has 21 heavy (non-hydrogen) atoms. The number of carbonyl (C=O) groups excluding carboxylic acids is 1. The van der Waals surface area contributed by atoms with Gasteiger partial charge in [-0.3, -0.25) is 0 Å². The van der Waals surface area contributed by atoms with Crippen LogP contribution in [0.5, 0.6) is 11.5 Å². The molecule has 1 heterocycles. The number of hydrogen-bond donors (Lipinski definition) is 0. The van der Waals surface area contributed by atoms with Gasteiger partial charge in [0.15, 0.2) is 17.2 Å². The molecule has 0 bridgehead atoms. The fraction of sp³-hybridized carbons (Fsp3) is 0.286. The zero-order valence-corrected chi connectivity index (χ0v) is 13.4. The van der Waals surface area contributed by atoms with Gasteiger partial charge in [-0.2, -0.15) is 0 Å². The average Bonchev–Trinajstić information content (AvgIpc) is 2.96. The lowest BCUT2D eigenvalue weighted by molar-refractivity contribution is 0.0520. The van der Waals surface area contributed by atoms with Gasteiger partial charge in [0.25, 0.3) is 0 Å². The van der Waals surface area contributed by atoms with Gasteiger partial charge in [0.05, 0.1) is 25.8 Å². The van der Waals surface area contributed by atoms with E-state index in [9.17, 15) is 4.79 Å². The molecule has 7 heteroatoms. The van der Waals surface area contributed by atoms with Gasteiger partial charge >= 0.3 is 5.97 Å². The van der Waals surface area contributed by atoms with Crippen molar-refractivity contribution < 1.29 is 19.0 Å². The number of esters is 1. The third-order valence-corrected chi connectivity index (χ3v) is 3.84. The summed E-state index contributed by atoms with van der Waals surface area (Å²) in [5.74, 6) is 0.532. The van der Waals surface area contributed by atoms with E-state index in [1.54, 1.807) is 24.4 Å². The third-order valence-electron chi connectivity index (χ3n) is 2.67. The third kappa shape index (κ3) is 3.28. The molecule has 0 aliphatic rings. The average molecular weight is 328 g/mol. The Morgan fingerprint density at radius 2 is 2.10 bits per heavy atom. The van der Waals surface area contributed by atoms with Crippen molar-refractivity contribution in [2.24, 2.45) is 0 Å². The van der Waals surface area contributed by atoms with Crippen LogP contribution in [-0.2, 0) is 4.74 Å². The summed E-state index contributed by atoms with van der Waals surface area (Å²) in [7, 11) is 3.05. The zero-order valence-electron chi connectivity index (χ0n) is 11.8. The van der Waals surface area contributed by atoms with Crippen LogP contribution in [0.1, 0.15) is 17.4 Å². The van der Waals surface area contributed by atoms with Crippen LogP contribution in [-0.4, -0.2) is 31.8 Å². The van der Waals surface area contributed by atoms with Crippen molar-refractivity contribution in [2.75, 3.05) is 20.8 Å². The monoisotopic (exact) mass is 327 g/mol. The molecule has 0 unspecified atom stereocenters. The maximum atomic E-state index is 11.6. The molecular weight excluding hydrogens is 314 g/mol. The largest absolute Gasteiger partial charge is 0.493 e. The molecule has 2 aromatic rings. The Balaban J connectivity index is 2.39. The fourth-order valence-electron chi connectivity index (χ4n) is 1.75. The smallest absolute Gasteiger partial charge is 0.357 e. The lowest BCUT2D eigenvalue weighted by Gasteiger charge is -2.10. The first kappa shape index (κ1) is 15.6. The second kappa shape index (κ2) is 6.78. The molecular formula is C14H14ClNO4S. The fourth-order valence-corrected chi connectivity index (χ4v) is 2.81. The summed E-state index contributed by atoms with van der Waals surface area (Å²) >= 11 is 7.49. The van der Waals surface area contributed by atoms with Gasteiger partial charge in [-0.15, -0.1) is 11.3 Å². The van der Waals surface area contributed by atoms with Gasteiger partial charge in [-0.25, -0.2) is 9.78 Å². The Morgan fingerprint density at radius 3 is 2.71 bits per heavy atom. The van der Waals surface area contributed by atoms with Crippen LogP contribution in [0.25, 0.3) is 10.6 Å². The van der Waals surface area contributed by atoms with Gasteiger partial charge in [0, 0.05) is 10.9 Å². The predicted molar refractivity (Wildman–Crippen MR) is 81.6 cm³/mol. The van der Waals surface area contributed by atoms with E-state index in [1.807, 2.05) is 0 Å². The predicted octanol–water partition coefficient (Wildman–Crippen LogP) is 3.66. The highest BCUT2D eigenvalue weighted by molar-refractivity contribution is 7.13. The van der Waals surface area contributed by atoms with Crippen molar-refractivity contribution in [3.63, 3.8) is 0 Å². The highest BCUT2D eigenvalue weighted by Crippen LogP contribution is 2.39. The number of hydrogen-bond acceptors (Lipinski definition) is 6. The van der Waals surface area contributed by atoms with Crippen molar-refractivity contribution in [1.82, 2.24) is 4.98 Å². The topological polar surface area (TPSA) is 57.7 Å². The van der Waals surface area contributed by atoms with Crippen molar-refractivity contribution in [1.29, 1.82) is 0 Å². The SMILES string of the molecule is CCOC(=O)c1csc(-c2cc(Cl)c(OC)c(OC)c2)n1. The van der Waals surface area contributed by atoms with Crippen LogP contribution in [0.4, 0.5) is 0 Å². The Kier molecular flexibility index (Phi) is 5.03. The highest BCUT2D eigenvalue weighted by Gasteiger charge is 2.16. The summed E-state index contributed by atoms with van der Waals surface area (Å²) in [6.45, 7) is 2.06. The number of ether oxygens (including phenoxy) is 3. The highest BCUT2D eigenvalue weighted by atomic mass is 35.5. The summed E-state index contributed by atoms with van der Waals surface area (Å²) in [5.41, 5.74) is 1.03. The lowest BCUT2D eigenvalue weighted by Crippen LogP contribution is -2.04. The van der Waals surface area contributed by atoms with Crippen molar-refractivity contribution >= 4 is 28.9 Å². The number of methoxy groups -OCH3 is 2. The number of thiazole rings is 1. The maximum Gasteiger partial charge on any atom is 0.357 e. The molecule has 0 aliphatic heterocycles. The summed E-state index contributed by atoms with van der Waals surface area (Å²) < 4.78 is 15.3. The molecule has 0 amide bonds. The van der Waals surface area contributed by atoms with Gasteiger partial charge in [-0.05, 0) is 19.1 Å². The second-order valence-corrected chi connectivity index (χ2v) is 5.22. The maximum absolute atomic E-state index is 11.6. The first-order chi connectivity index (χ1) is 10.1. The van der Waals surface area contributed by atoms with Crippen LogP contribution in [0.2, 0.25) is 5.02 Å². The lowest BCUT2D eigenvalue weighted by atomic mass is 10.2. The minimum absolute atomic E-state index is 0.280. The van der Waals surface area contributed by atoms with E-state index in [1.165, 1.54) is 25.6 Å². The molecule has 0 fully saturated rings. The van der Waals surface area contributed by atoms with Crippen molar-refractivity contribution in [2.45, 2.75) is 6.92 Å². The summed E-state index contributed by atoms with van der Waals surface area (Å²) in [4.78, 5) is 15.9. The molecule has 0 saturated carbocycles. The van der Waals surface area contributed by atoms with E-state index >= 15 is 0 Å². The molecule has 0 atom stereocenters. The molecule has 1 aromatic carbocycles. The number of benzene rings is 1. The summed E-state index contributed by atoms with van der Waals surface area (Å²) in [5, 5.41) is 2.72. The number of halogens is 1. The molecule has 2 rings (SSSR count). The van der Waals surface area contributed by atoms with E-state index in [4.69, 9.17) is 25.8 Å². The van der Waals surface area contributed by atoms with Gasteiger partial charge in [-0.1, -0.05) is 11.6 Å².